The van der Waals surface area contributed by atoms with Gasteiger partial charge in [-0.05, 0) is 18.2 Å². The van der Waals surface area contributed by atoms with E-state index in [-0.39, 0.29) is 0 Å². The predicted molar refractivity (Wildman–Crippen MR) is 65.9 cm³/mol. The van der Waals surface area contributed by atoms with Crippen molar-refractivity contribution in [3.8, 4) is 17.1 Å². The van der Waals surface area contributed by atoms with E-state index >= 15 is 0 Å². The predicted octanol–water partition coefficient (Wildman–Crippen LogP) is 2.63. The molecule has 0 amide bonds. The van der Waals surface area contributed by atoms with Gasteiger partial charge in [-0.2, -0.15) is 0 Å². The van der Waals surface area contributed by atoms with Crippen LogP contribution < -0.4 is 4.74 Å². The highest BCUT2D eigenvalue weighted by atomic mass is 16.5. The fraction of sp³-hybridized carbons (Fsp3) is 0.0769. The van der Waals surface area contributed by atoms with Crippen LogP contribution in [0.4, 0.5) is 0 Å². The van der Waals surface area contributed by atoms with Crippen LogP contribution >= 0.6 is 0 Å². The molecular weight excluding hydrogens is 214 g/mol. The number of benzene rings is 1. The Morgan fingerprint density at radius 1 is 1.18 bits per heavy atom. The van der Waals surface area contributed by atoms with E-state index in [1.807, 2.05) is 30.3 Å². The van der Waals surface area contributed by atoms with E-state index in [9.17, 15) is 0 Å². The second-order valence-corrected chi connectivity index (χ2v) is 3.68. The molecule has 0 spiro atoms. The maximum atomic E-state index is 5.27. The Bertz CT molecular complexity index is 627. The number of rotatable bonds is 2. The molecule has 0 aliphatic carbocycles. The molecule has 0 fully saturated rings. The minimum absolute atomic E-state index is 0.714. The lowest BCUT2D eigenvalue weighted by Crippen LogP contribution is -1.89. The summed E-state index contributed by atoms with van der Waals surface area (Å²) in [7, 11) is 1.63. The van der Waals surface area contributed by atoms with Crippen molar-refractivity contribution in [1.29, 1.82) is 0 Å². The monoisotopic (exact) mass is 225 g/mol. The van der Waals surface area contributed by atoms with Gasteiger partial charge >= 0.3 is 0 Å². The van der Waals surface area contributed by atoms with Crippen molar-refractivity contribution in [2.24, 2.45) is 0 Å². The Hall–Kier alpha value is -2.36. The second-order valence-electron chi connectivity index (χ2n) is 3.68. The van der Waals surface area contributed by atoms with Crippen LogP contribution in [0.2, 0.25) is 0 Å². The summed E-state index contributed by atoms with van der Waals surface area (Å²) in [6.45, 7) is 0. The van der Waals surface area contributed by atoms with E-state index in [4.69, 9.17) is 4.74 Å². The molecule has 1 aromatic carbocycles. The Kier molecular flexibility index (Phi) is 2.26. The highest BCUT2D eigenvalue weighted by molar-refractivity contribution is 5.80. The molecule has 4 heteroatoms. The van der Waals surface area contributed by atoms with Gasteiger partial charge in [0.2, 0.25) is 0 Å². The lowest BCUT2D eigenvalue weighted by molar-refractivity contribution is 0.414. The van der Waals surface area contributed by atoms with Gasteiger partial charge in [-0.3, -0.25) is 4.98 Å². The molecule has 84 valence electrons. The van der Waals surface area contributed by atoms with E-state index in [0.717, 1.165) is 22.4 Å². The number of aromatic nitrogens is 3. The molecule has 0 aliphatic heterocycles. The van der Waals surface area contributed by atoms with Gasteiger partial charge in [0.05, 0.1) is 29.9 Å². The van der Waals surface area contributed by atoms with Gasteiger partial charge in [0.15, 0.2) is 0 Å². The average Bonchev–Trinajstić information content (AvgIpc) is 2.82. The average molecular weight is 225 g/mol. The number of nitrogens with one attached hydrogen (secondary N) is 1. The van der Waals surface area contributed by atoms with E-state index in [2.05, 4.69) is 15.0 Å². The Labute approximate surface area is 98.3 Å². The third kappa shape index (κ3) is 1.63. The van der Waals surface area contributed by atoms with Crippen molar-refractivity contribution >= 4 is 11.0 Å². The number of methoxy groups -OCH3 is 1. The van der Waals surface area contributed by atoms with Crippen molar-refractivity contribution in [2.45, 2.75) is 0 Å². The maximum Gasteiger partial charge on any atom is 0.148 e. The van der Waals surface area contributed by atoms with Crippen molar-refractivity contribution in [3.05, 3.63) is 42.7 Å². The van der Waals surface area contributed by atoms with Crippen molar-refractivity contribution in [2.75, 3.05) is 7.11 Å². The van der Waals surface area contributed by atoms with Gasteiger partial charge in [-0.25, -0.2) is 4.98 Å². The first-order valence-corrected chi connectivity index (χ1v) is 5.31. The molecule has 0 saturated carbocycles. The summed E-state index contributed by atoms with van der Waals surface area (Å²) in [5.74, 6) is 1.51. The van der Waals surface area contributed by atoms with E-state index in [1.54, 1.807) is 19.5 Å². The summed E-state index contributed by atoms with van der Waals surface area (Å²) < 4.78 is 5.27. The minimum Gasteiger partial charge on any atom is -0.494 e. The van der Waals surface area contributed by atoms with Gasteiger partial charge < -0.3 is 9.72 Å². The Balaban J connectivity index is 2.20. The maximum absolute atomic E-state index is 5.27. The number of hydrogen-bond donors (Lipinski definition) is 1. The molecule has 0 unspecified atom stereocenters. The van der Waals surface area contributed by atoms with Crippen molar-refractivity contribution < 1.29 is 4.74 Å². The summed E-state index contributed by atoms with van der Waals surface area (Å²) in [4.78, 5) is 11.8. The number of fused-ring (bicyclic) bond motifs is 1. The van der Waals surface area contributed by atoms with Crippen molar-refractivity contribution in [1.82, 2.24) is 15.0 Å². The molecule has 1 N–H and O–H groups in total. The zero-order chi connectivity index (χ0) is 11.7. The molecule has 3 rings (SSSR count). The summed E-state index contributed by atoms with van der Waals surface area (Å²) in [5.41, 5.74) is 2.88. The quantitative estimate of drug-likeness (QED) is 0.729. The third-order valence-electron chi connectivity index (χ3n) is 2.65. The summed E-state index contributed by atoms with van der Waals surface area (Å²) in [6.07, 6.45) is 3.41. The number of imidazole rings is 1. The first kappa shape index (κ1) is 9.84. The van der Waals surface area contributed by atoms with Gasteiger partial charge in [0.1, 0.15) is 11.6 Å². The van der Waals surface area contributed by atoms with Crippen LogP contribution in [0.15, 0.2) is 42.7 Å². The van der Waals surface area contributed by atoms with Crippen LogP contribution in [0.25, 0.3) is 22.4 Å². The first-order chi connectivity index (χ1) is 8.38. The van der Waals surface area contributed by atoms with Crippen LogP contribution in [0.3, 0.4) is 0 Å². The third-order valence-corrected chi connectivity index (χ3v) is 2.65. The van der Waals surface area contributed by atoms with Gasteiger partial charge in [0, 0.05) is 6.20 Å². The standard InChI is InChI=1S/C13H11N3O/c1-17-12-8-14-7-6-9(12)13-15-10-4-2-3-5-11(10)16-13/h2-8H,1H3,(H,15,16). The Morgan fingerprint density at radius 2 is 2.06 bits per heavy atom. The summed E-state index contributed by atoms with van der Waals surface area (Å²) >= 11 is 0. The number of nitrogens with zero attached hydrogens (tertiary/aromatic N) is 2. The van der Waals surface area contributed by atoms with Crippen LogP contribution in [-0.4, -0.2) is 22.1 Å². The fourth-order valence-electron chi connectivity index (χ4n) is 1.82. The van der Waals surface area contributed by atoms with E-state index in [0.29, 0.717) is 5.75 Å². The fourth-order valence-corrected chi connectivity index (χ4v) is 1.82. The minimum atomic E-state index is 0.714. The summed E-state index contributed by atoms with van der Waals surface area (Å²) in [6, 6.07) is 9.81. The number of aromatic amines is 1. The van der Waals surface area contributed by atoms with Crippen LogP contribution in [0.5, 0.6) is 5.75 Å². The number of para-hydroxylation sites is 2. The van der Waals surface area contributed by atoms with Gasteiger partial charge in [0.25, 0.3) is 0 Å². The lowest BCUT2D eigenvalue weighted by Gasteiger charge is -2.03. The molecule has 4 nitrogen and oxygen atoms in total. The Morgan fingerprint density at radius 3 is 2.88 bits per heavy atom. The van der Waals surface area contributed by atoms with Crippen LogP contribution in [-0.2, 0) is 0 Å². The van der Waals surface area contributed by atoms with Crippen LogP contribution in [0, 0.1) is 0 Å². The molecule has 17 heavy (non-hydrogen) atoms. The molecule has 2 heterocycles. The molecule has 0 atom stereocenters. The largest absolute Gasteiger partial charge is 0.494 e. The van der Waals surface area contributed by atoms with Gasteiger partial charge in [-0.15, -0.1) is 0 Å². The van der Waals surface area contributed by atoms with Crippen molar-refractivity contribution in [3.63, 3.8) is 0 Å². The number of H-pyrrole nitrogens is 1. The SMILES string of the molecule is COc1cnccc1-c1nc2ccccc2[nH]1. The normalized spacial score (nSPS) is 10.6. The van der Waals surface area contributed by atoms with Gasteiger partial charge in [-0.1, -0.05) is 12.1 Å². The molecule has 0 bridgehead atoms. The topological polar surface area (TPSA) is 50.8 Å². The molecule has 0 aliphatic rings. The van der Waals surface area contributed by atoms with E-state index < -0.39 is 0 Å². The first-order valence-electron chi connectivity index (χ1n) is 5.31. The zero-order valence-corrected chi connectivity index (χ0v) is 9.34. The number of pyridine rings is 1. The van der Waals surface area contributed by atoms with E-state index in [1.165, 1.54) is 0 Å². The highest BCUT2D eigenvalue weighted by Crippen LogP contribution is 2.27. The molecular formula is C13H11N3O. The highest BCUT2D eigenvalue weighted by Gasteiger charge is 2.09. The second kappa shape index (κ2) is 3.90. The molecule has 0 radical (unpaired) electrons. The molecule has 2 aromatic heterocycles. The lowest BCUT2D eigenvalue weighted by atomic mass is 10.2. The van der Waals surface area contributed by atoms with Crippen LogP contribution in [0.1, 0.15) is 0 Å². The summed E-state index contributed by atoms with van der Waals surface area (Å²) in [5, 5.41) is 0. The number of ether oxygens (including phenoxy) is 1. The molecule has 0 saturated heterocycles. The smallest absolute Gasteiger partial charge is 0.148 e. The molecule has 3 aromatic rings. The number of hydrogen-bond acceptors (Lipinski definition) is 3. The zero-order valence-electron chi connectivity index (χ0n) is 9.34.